The third-order valence-corrected chi connectivity index (χ3v) is 11.6. The first-order chi connectivity index (χ1) is 30.2. The summed E-state index contributed by atoms with van der Waals surface area (Å²) < 4.78 is 13.8. The summed E-state index contributed by atoms with van der Waals surface area (Å²) in [5, 5.41) is 33.9. The van der Waals surface area contributed by atoms with Gasteiger partial charge in [-0.25, -0.2) is 29.3 Å². The maximum absolute atomic E-state index is 12.4. The number of esters is 3. The Morgan fingerprint density at radius 1 is 0.500 bits per heavy atom. The molecule has 5 N–H and O–H groups in total. The number of ketones is 1. The van der Waals surface area contributed by atoms with Crippen LogP contribution in [0.5, 0.6) is 0 Å². The van der Waals surface area contributed by atoms with Crippen molar-refractivity contribution in [3.8, 4) is 0 Å². The summed E-state index contributed by atoms with van der Waals surface area (Å²) in [5.74, 6) is -1.79. The van der Waals surface area contributed by atoms with E-state index in [0.29, 0.717) is 27.0 Å². The number of hydrogen-bond acceptors (Lipinski definition) is 17. The number of nitrogens with zero attached hydrogens (tertiary/aromatic N) is 5. The molecule has 0 amide bonds. The molecule has 20 heteroatoms. The van der Waals surface area contributed by atoms with Crippen LogP contribution in [0.3, 0.4) is 0 Å². The van der Waals surface area contributed by atoms with E-state index in [1.165, 1.54) is 49.4 Å². The second-order valence-electron chi connectivity index (χ2n) is 12.6. The molecule has 0 bridgehead atoms. The van der Waals surface area contributed by atoms with Crippen LogP contribution in [0, 0.1) is 0 Å². The van der Waals surface area contributed by atoms with Crippen LogP contribution >= 0.6 is 34.0 Å². The Kier molecular flexibility index (Phi) is 13.0. The number of methoxy groups -OCH3 is 3. The lowest BCUT2D eigenvalue weighted by atomic mass is 10.1. The van der Waals surface area contributed by atoms with Crippen molar-refractivity contribution in [1.29, 1.82) is 0 Å². The van der Waals surface area contributed by atoms with Crippen molar-refractivity contribution in [1.82, 2.24) is 29.9 Å². The number of para-hydroxylation sites is 3. The number of hydrogen-bond donors (Lipinski definition) is 5. The van der Waals surface area contributed by atoms with Crippen LogP contribution in [0.4, 0.5) is 0 Å². The summed E-state index contributed by atoms with van der Waals surface area (Å²) in [4.78, 5) is 68.3. The topological polar surface area (TPSA) is 247 Å². The van der Waals surface area contributed by atoms with Gasteiger partial charge in [0.25, 0.3) is 0 Å². The number of benzene rings is 3. The third-order valence-electron chi connectivity index (χ3n) is 9.02. The van der Waals surface area contributed by atoms with Crippen molar-refractivity contribution < 1.29 is 43.8 Å². The first-order valence-electron chi connectivity index (χ1n) is 18.0. The molecule has 3 aromatic carbocycles. The number of aromatic nitrogens is 6. The van der Waals surface area contributed by atoms with Crippen molar-refractivity contribution in [2.24, 2.45) is 10.3 Å². The SMILES string of the molecule is COC(=O)c1csc(/C(=N/O)c2c[nH]c3ccccc23)n1.COC(=O)c1csc(/C(=N\O)c2c[nH]c3ccccc23)n1.COC(=O)c1csc(C(=O)c2c[nH]c3ccccc23)n1. The van der Waals surface area contributed by atoms with Crippen molar-refractivity contribution in [3.63, 3.8) is 0 Å². The van der Waals surface area contributed by atoms with Crippen LogP contribution in [-0.2, 0) is 14.2 Å². The Labute approximate surface area is 362 Å². The average Bonchev–Trinajstić information content (AvgIpc) is 4.19. The lowest BCUT2D eigenvalue weighted by molar-refractivity contribution is 0.0586. The number of H-pyrrole nitrogens is 3. The minimum absolute atomic E-state index is 0.153. The molecule has 0 saturated heterocycles. The van der Waals surface area contributed by atoms with Gasteiger partial charge in [0.2, 0.25) is 5.78 Å². The van der Waals surface area contributed by atoms with E-state index in [0.717, 1.165) is 55.2 Å². The number of aromatic amines is 3. The Hall–Kier alpha value is -7.81. The van der Waals surface area contributed by atoms with E-state index in [-0.39, 0.29) is 27.9 Å². The predicted octanol–water partition coefficient (Wildman–Crippen LogP) is 7.92. The molecule has 6 heterocycles. The largest absolute Gasteiger partial charge is 0.464 e. The van der Waals surface area contributed by atoms with Gasteiger partial charge in [-0.05, 0) is 18.2 Å². The lowest BCUT2D eigenvalue weighted by Gasteiger charge is -1.99. The molecule has 0 fully saturated rings. The number of carbonyl (C=O) groups is 4. The van der Waals surface area contributed by atoms with Crippen LogP contribution in [0.25, 0.3) is 32.7 Å². The molecular weight excluding hydrogens is 857 g/mol. The Bertz CT molecular complexity index is 2990. The molecule has 0 aliphatic carbocycles. The average molecular weight is 889 g/mol. The summed E-state index contributed by atoms with van der Waals surface area (Å²) in [6.45, 7) is 0. The monoisotopic (exact) mass is 888 g/mol. The van der Waals surface area contributed by atoms with Gasteiger partial charge in [-0.15, -0.1) is 34.0 Å². The van der Waals surface area contributed by atoms with Crippen LogP contribution < -0.4 is 0 Å². The molecule has 312 valence electrons. The van der Waals surface area contributed by atoms with E-state index in [9.17, 15) is 29.6 Å². The number of fused-ring (bicyclic) bond motifs is 3. The molecule has 0 saturated carbocycles. The number of oxime groups is 2. The minimum atomic E-state index is -0.542. The summed E-state index contributed by atoms with van der Waals surface area (Å²) in [6.07, 6.45) is 5.16. The second-order valence-corrected chi connectivity index (χ2v) is 15.1. The highest BCUT2D eigenvalue weighted by atomic mass is 32.1. The quantitative estimate of drug-likeness (QED) is 0.0232. The van der Waals surface area contributed by atoms with E-state index < -0.39 is 17.9 Å². The number of ether oxygens (including phenoxy) is 3. The maximum atomic E-state index is 12.4. The normalized spacial score (nSPS) is 11.4. The first-order valence-corrected chi connectivity index (χ1v) is 20.6. The first kappa shape index (κ1) is 42.3. The van der Waals surface area contributed by atoms with Gasteiger partial charge in [0.1, 0.15) is 21.4 Å². The number of carbonyl (C=O) groups excluding carboxylic acids is 4. The fourth-order valence-electron chi connectivity index (χ4n) is 6.07. The highest BCUT2D eigenvalue weighted by molar-refractivity contribution is 7.12. The predicted molar refractivity (Wildman–Crippen MR) is 234 cm³/mol. The molecule has 0 aliphatic rings. The van der Waals surface area contributed by atoms with Gasteiger partial charge in [-0.2, -0.15) is 0 Å². The van der Waals surface area contributed by atoms with Crippen molar-refractivity contribution in [2.75, 3.05) is 21.3 Å². The van der Waals surface area contributed by atoms with E-state index >= 15 is 0 Å². The summed E-state index contributed by atoms with van der Waals surface area (Å²) in [7, 11) is 3.87. The van der Waals surface area contributed by atoms with Crippen LogP contribution in [0.2, 0.25) is 0 Å². The number of rotatable bonds is 9. The molecule has 9 aromatic rings. The van der Waals surface area contributed by atoms with E-state index in [1.807, 2.05) is 72.8 Å². The van der Waals surface area contributed by atoms with Crippen molar-refractivity contribution in [3.05, 3.63) is 156 Å². The fourth-order valence-corrected chi connectivity index (χ4v) is 8.38. The molecule has 0 atom stereocenters. The molecule has 0 aliphatic heterocycles. The zero-order valence-electron chi connectivity index (χ0n) is 32.6. The van der Waals surface area contributed by atoms with Crippen LogP contribution in [-0.4, -0.2) is 96.8 Å². The fraction of sp³-hybridized carbons (Fsp3) is 0.0714. The van der Waals surface area contributed by atoms with E-state index in [4.69, 9.17) is 0 Å². The van der Waals surface area contributed by atoms with Gasteiger partial charge >= 0.3 is 17.9 Å². The molecule has 9 rings (SSSR count). The van der Waals surface area contributed by atoms with E-state index in [1.54, 1.807) is 29.4 Å². The smallest absolute Gasteiger partial charge is 0.357 e. The highest BCUT2D eigenvalue weighted by Crippen LogP contribution is 2.26. The Balaban J connectivity index is 0.000000140. The van der Waals surface area contributed by atoms with Gasteiger partial charge in [-0.3, -0.25) is 4.79 Å². The summed E-state index contributed by atoms with van der Waals surface area (Å²) >= 11 is 3.56. The van der Waals surface area contributed by atoms with Gasteiger partial charge in [0.05, 0.1) is 26.9 Å². The Morgan fingerprint density at radius 3 is 1.19 bits per heavy atom. The van der Waals surface area contributed by atoms with Gasteiger partial charge in [0.15, 0.2) is 22.1 Å². The van der Waals surface area contributed by atoms with Crippen LogP contribution in [0.15, 0.2) is 118 Å². The van der Waals surface area contributed by atoms with Gasteiger partial charge in [0, 0.05) is 78.6 Å². The maximum Gasteiger partial charge on any atom is 0.357 e. The minimum Gasteiger partial charge on any atom is -0.464 e. The molecule has 0 unspecified atom stereocenters. The van der Waals surface area contributed by atoms with Gasteiger partial charge < -0.3 is 39.6 Å². The molecule has 0 spiro atoms. The summed E-state index contributed by atoms with van der Waals surface area (Å²) in [5.41, 5.74) is 5.90. The molecule has 6 aromatic heterocycles. The van der Waals surface area contributed by atoms with Crippen LogP contribution in [0.1, 0.15) is 68.0 Å². The highest BCUT2D eigenvalue weighted by Gasteiger charge is 2.22. The molecule has 0 radical (unpaired) electrons. The Morgan fingerprint density at radius 2 is 0.823 bits per heavy atom. The second kappa shape index (κ2) is 19.1. The molecule has 17 nitrogen and oxygen atoms in total. The number of thiazole rings is 3. The lowest BCUT2D eigenvalue weighted by Crippen LogP contribution is -2.05. The zero-order valence-corrected chi connectivity index (χ0v) is 35.1. The van der Waals surface area contributed by atoms with Crippen molar-refractivity contribution in [2.45, 2.75) is 0 Å². The van der Waals surface area contributed by atoms with Gasteiger partial charge in [-0.1, -0.05) is 64.9 Å². The standard InChI is InChI=1S/2C14H11N3O3S.C14H10N2O3S/c2*1-20-14(18)11-7-21-13(16-11)12(17-19)9-6-15-10-5-3-2-4-8(9)10;1-19-14(18)11-7-20-13(16-11)12(17)9-6-15-10-5-3-2-4-8(9)10/h2*2-7,15,19H,1H3;2-7,15H,1H3/b17-12+;17-12-;. The molecule has 62 heavy (non-hydrogen) atoms. The van der Waals surface area contributed by atoms with E-state index in [2.05, 4.69) is 54.4 Å². The van der Waals surface area contributed by atoms with Crippen molar-refractivity contribution >= 4 is 102 Å². The third kappa shape index (κ3) is 8.73. The molecular formula is C42H32N8O9S3. The summed E-state index contributed by atoms with van der Waals surface area (Å²) in [6, 6.07) is 22.8. The number of nitrogens with one attached hydrogen (secondary N) is 3. The zero-order chi connectivity index (χ0) is 43.8.